The number of carbonyl (C=O) groups excluding carboxylic acids is 2. The molecule has 1 aromatic carbocycles. The van der Waals surface area contributed by atoms with E-state index in [-0.39, 0.29) is 5.78 Å². The zero-order valence-electron chi connectivity index (χ0n) is 16.4. The van der Waals surface area contributed by atoms with Crippen molar-refractivity contribution in [3.8, 4) is 0 Å². The summed E-state index contributed by atoms with van der Waals surface area (Å²) in [5.74, 6) is 0.0979. The van der Waals surface area contributed by atoms with E-state index in [0.29, 0.717) is 12.2 Å². The third-order valence-corrected chi connectivity index (χ3v) is 5.55. The molecule has 150 valence electrons. The molecule has 2 aliphatic heterocycles. The van der Waals surface area contributed by atoms with Crippen LogP contribution in [-0.2, 0) is 16.0 Å². The molecule has 0 aliphatic carbocycles. The minimum Gasteiger partial charge on any atom is -0.384 e. The highest BCUT2D eigenvalue weighted by Crippen LogP contribution is 2.30. The van der Waals surface area contributed by atoms with Crippen molar-refractivity contribution >= 4 is 29.4 Å². The first kappa shape index (κ1) is 20.6. The van der Waals surface area contributed by atoms with Gasteiger partial charge < -0.3 is 10.2 Å². The van der Waals surface area contributed by atoms with Crippen LogP contribution in [0.5, 0.6) is 0 Å². The molecule has 1 fully saturated rings. The minimum absolute atomic E-state index is 0.373. The van der Waals surface area contributed by atoms with Crippen LogP contribution in [0.3, 0.4) is 0 Å². The monoisotopic (exact) mass is 401 g/mol. The maximum atomic E-state index is 12.5. The van der Waals surface area contributed by atoms with E-state index in [1.165, 1.54) is 5.56 Å². The van der Waals surface area contributed by atoms with Gasteiger partial charge in [0.2, 0.25) is 5.78 Å². The molecule has 0 bridgehead atoms. The van der Waals surface area contributed by atoms with Crippen LogP contribution in [0, 0.1) is 0 Å². The number of nitrogens with one attached hydrogen (secondary N) is 1. The van der Waals surface area contributed by atoms with Crippen molar-refractivity contribution in [2.45, 2.75) is 25.8 Å². The number of carbonyl (C=O) groups is 2. The molecule has 1 aromatic rings. The van der Waals surface area contributed by atoms with E-state index in [2.05, 4.69) is 40.3 Å². The Labute approximate surface area is 172 Å². The molecule has 1 unspecified atom stereocenters. The molecule has 2 heterocycles. The molecule has 5 nitrogen and oxygen atoms in total. The molecule has 0 amide bonds. The molecule has 6 heteroatoms. The van der Waals surface area contributed by atoms with Crippen molar-refractivity contribution in [2.24, 2.45) is 0 Å². The molecule has 3 rings (SSSR count). The van der Waals surface area contributed by atoms with Gasteiger partial charge in [0.1, 0.15) is 6.04 Å². The average Bonchev–Trinajstić information content (AvgIpc) is 3.20. The van der Waals surface area contributed by atoms with E-state index in [1.54, 1.807) is 0 Å². The van der Waals surface area contributed by atoms with Crippen molar-refractivity contribution < 1.29 is 9.59 Å². The number of anilines is 1. The summed E-state index contributed by atoms with van der Waals surface area (Å²) in [5, 5.41) is 3.34. The summed E-state index contributed by atoms with van der Waals surface area (Å²) in [6.45, 7) is 6.06. The predicted octanol–water partition coefficient (Wildman–Crippen LogP) is 3.17. The van der Waals surface area contributed by atoms with Gasteiger partial charge in [-0.3, -0.25) is 14.5 Å². The van der Waals surface area contributed by atoms with E-state index in [9.17, 15) is 9.59 Å². The Hall–Kier alpha value is -2.11. The number of benzene rings is 1. The molecule has 0 radical (unpaired) electrons. The number of rotatable bonds is 8. The number of Topliss-reactive ketones (excluding diaryl/α,β-unsaturated/α-hetero) is 1. The molecule has 0 saturated carbocycles. The van der Waals surface area contributed by atoms with Crippen LogP contribution >= 0.6 is 11.6 Å². The summed E-state index contributed by atoms with van der Waals surface area (Å²) in [4.78, 5) is 28.2. The lowest BCUT2D eigenvalue weighted by Crippen LogP contribution is -2.48. The molecule has 28 heavy (non-hydrogen) atoms. The van der Waals surface area contributed by atoms with Gasteiger partial charge in [-0.1, -0.05) is 25.1 Å². The highest BCUT2D eigenvalue weighted by molar-refractivity contribution is 6.27. The topological polar surface area (TPSA) is 52.7 Å². The number of hydrogen-bond acceptors (Lipinski definition) is 5. The molecular formula is C22H28ClN3O2. The number of hydrogen-bond donors (Lipinski definition) is 1. The highest BCUT2D eigenvalue weighted by atomic mass is 35.5. The molecule has 1 atom stereocenters. The summed E-state index contributed by atoms with van der Waals surface area (Å²) < 4.78 is 0. The minimum atomic E-state index is -0.503. The molecule has 0 aromatic heterocycles. The number of aldehydes is 1. The Morgan fingerprint density at radius 2 is 2.07 bits per heavy atom. The van der Waals surface area contributed by atoms with E-state index in [4.69, 9.17) is 11.6 Å². The third-order valence-electron chi connectivity index (χ3n) is 5.40. The van der Waals surface area contributed by atoms with Gasteiger partial charge >= 0.3 is 0 Å². The molecule has 1 saturated heterocycles. The van der Waals surface area contributed by atoms with Crippen molar-refractivity contribution in [2.75, 3.05) is 43.9 Å². The standard InChI is InChI=1S/C22H28ClN3O2/c1-2-3-4-19(7-9-23)25-11-13-26(14-12-25)22(21(28)16-27)18-5-6-20-17(15-18)8-10-24-20/h3-7,15-16,22,24H,2,8-14H2,1H3/b4-3-,19-7+. The number of piperazine rings is 1. The van der Waals surface area contributed by atoms with Crippen LogP contribution in [0.1, 0.15) is 30.5 Å². The zero-order valence-corrected chi connectivity index (χ0v) is 17.1. The quantitative estimate of drug-likeness (QED) is 0.314. The fourth-order valence-electron chi connectivity index (χ4n) is 3.97. The molecule has 0 spiro atoms. The fourth-order valence-corrected chi connectivity index (χ4v) is 4.13. The van der Waals surface area contributed by atoms with Gasteiger partial charge in [0, 0.05) is 50.0 Å². The second-order valence-electron chi connectivity index (χ2n) is 7.13. The molecular weight excluding hydrogens is 374 g/mol. The Bertz CT molecular complexity index is 767. The average molecular weight is 402 g/mol. The second-order valence-corrected chi connectivity index (χ2v) is 7.44. The Balaban J connectivity index is 1.75. The normalized spacial score (nSPS) is 18.8. The SMILES string of the molecule is CC/C=C\C(=C/CCl)N1CCN(C(C(=O)C=O)c2ccc3c(c2)CCN3)CC1. The van der Waals surface area contributed by atoms with Gasteiger partial charge in [0.25, 0.3) is 0 Å². The smallest absolute Gasteiger partial charge is 0.216 e. The summed E-state index contributed by atoms with van der Waals surface area (Å²) >= 11 is 5.92. The largest absolute Gasteiger partial charge is 0.384 e. The van der Waals surface area contributed by atoms with Crippen molar-refractivity contribution in [3.05, 3.63) is 53.3 Å². The van der Waals surface area contributed by atoms with Gasteiger partial charge in [0.15, 0.2) is 6.29 Å². The maximum absolute atomic E-state index is 12.5. The second kappa shape index (κ2) is 9.89. The summed E-state index contributed by atoms with van der Waals surface area (Å²) in [6, 6.07) is 5.57. The van der Waals surface area contributed by atoms with Crippen LogP contribution in [-0.4, -0.2) is 60.5 Å². The van der Waals surface area contributed by atoms with Crippen LogP contribution in [0.25, 0.3) is 0 Å². The van der Waals surface area contributed by atoms with E-state index in [1.807, 2.05) is 18.2 Å². The number of alkyl halides is 1. The van der Waals surface area contributed by atoms with Crippen molar-refractivity contribution in [1.29, 1.82) is 0 Å². The Kier molecular flexibility index (Phi) is 7.29. The van der Waals surface area contributed by atoms with Crippen molar-refractivity contribution in [3.63, 3.8) is 0 Å². The number of fused-ring (bicyclic) bond motifs is 1. The third kappa shape index (κ3) is 4.65. The number of ketones is 1. The van der Waals surface area contributed by atoms with Crippen LogP contribution in [0.4, 0.5) is 5.69 Å². The van der Waals surface area contributed by atoms with Gasteiger partial charge in [-0.15, -0.1) is 11.6 Å². The molecule has 1 N–H and O–H groups in total. The first-order valence-corrected chi connectivity index (χ1v) is 10.5. The Morgan fingerprint density at radius 1 is 1.29 bits per heavy atom. The summed E-state index contributed by atoms with van der Waals surface area (Å²) in [5.41, 5.74) is 4.38. The van der Waals surface area contributed by atoms with Crippen molar-refractivity contribution in [1.82, 2.24) is 9.80 Å². The lowest BCUT2D eigenvalue weighted by atomic mass is 9.97. The van der Waals surface area contributed by atoms with Gasteiger partial charge in [-0.25, -0.2) is 0 Å². The van der Waals surface area contributed by atoms with Crippen LogP contribution in [0.2, 0.25) is 0 Å². The van der Waals surface area contributed by atoms with Crippen LogP contribution < -0.4 is 5.32 Å². The van der Waals surface area contributed by atoms with E-state index < -0.39 is 6.04 Å². The number of allylic oxidation sites excluding steroid dienone is 3. The first-order chi connectivity index (χ1) is 13.7. The van der Waals surface area contributed by atoms with E-state index >= 15 is 0 Å². The predicted molar refractivity (Wildman–Crippen MR) is 114 cm³/mol. The summed E-state index contributed by atoms with van der Waals surface area (Å²) in [7, 11) is 0. The molecule has 2 aliphatic rings. The van der Waals surface area contributed by atoms with Gasteiger partial charge in [-0.05, 0) is 42.2 Å². The number of nitrogens with zero attached hydrogens (tertiary/aromatic N) is 2. The van der Waals surface area contributed by atoms with Gasteiger partial charge in [0.05, 0.1) is 0 Å². The zero-order chi connectivity index (χ0) is 19.9. The highest BCUT2D eigenvalue weighted by Gasteiger charge is 2.31. The van der Waals surface area contributed by atoms with Crippen LogP contribution in [0.15, 0.2) is 42.1 Å². The van der Waals surface area contributed by atoms with Gasteiger partial charge in [-0.2, -0.15) is 0 Å². The number of halogens is 1. The first-order valence-electron chi connectivity index (χ1n) is 9.95. The van der Waals surface area contributed by atoms with E-state index in [0.717, 1.165) is 62.5 Å². The summed E-state index contributed by atoms with van der Waals surface area (Å²) in [6.07, 6.45) is 8.65. The fraction of sp³-hybridized carbons (Fsp3) is 0.455. The Morgan fingerprint density at radius 3 is 2.75 bits per heavy atom. The maximum Gasteiger partial charge on any atom is 0.216 e. The lowest BCUT2D eigenvalue weighted by molar-refractivity contribution is -0.134. The lowest BCUT2D eigenvalue weighted by Gasteiger charge is -2.39.